The van der Waals surface area contributed by atoms with Crippen molar-refractivity contribution in [2.24, 2.45) is 0 Å². The van der Waals surface area contributed by atoms with Gasteiger partial charge in [0, 0.05) is 6.54 Å². The molecule has 20 heavy (non-hydrogen) atoms. The molecule has 3 N–H and O–H groups in total. The van der Waals surface area contributed by atoms with Crippen molar-refractivity contribution in [3.63, 3.8) is 0 Å². The number of hydrogen-bond acceptors (Lipinski definition) is 4. The molecule has 0 bridgehead atoms. The average molecular weight is 294 g/mol. The largest absolute Gasteiger partial charge is 0.481 e. The lowest BCUT2D eigenvalue weighted by Crippen LogP contribution is -2.38. The number of hydrogen-bond donors (Lipinski definition) is 2. The second-order valence-corrected chi connectivity index (χ2v) is 6.00. The number of para-hydroxylation sites is 2. The van der Waals surface area contributed by atoms with Crippen LogP contribution in [0.1, 0.15) is 19.3 Å². The summed E-state index contributed by atoms with van der Waals surface area (Å²) in [6, 6.07) is 7.07. The van der Waals surface area contributed by atoms with Crippen LogP contribution < -0.4 is 10.6 Å². The highest BCUT2D eigenvalue weighted by molar-refractivity contribution is 8.00. The fourth-order valence-electron chi connectivity index (χ4n) is 2.24. The van der Waals surface area contributed by atoms with E-state index in [-0.39, 0.29) is 24.1 Å². The molecule has 5 nitrogen and oxygen atoms in total. The van der Waals surface area contributed by atoms with E-state index in [0.717, 1.165) is 18.6 Å². The molecule has 1 aliphatic rings. The minimum Gasteiger partial charge on any atom is -0.481 e. The first-order valence-corrected chi connectivity index (χ1v) is 7.63. The number of carboxylic acid groups (broad SMARTS) is 1. The minimum absolute atomic E-state index is 0.0355. The maximum Gasteiger partial charge on any atom is 0.305 e. The van der Waals surface area contributed by atoms with Gasteiger partial charge in [0.05, 0.1) is 23.0 Å². The van der Waals surface area contributed by atoms with Crippen LogP contribution in [0.15, 0.2) is 24.3 Å². The van der Waals surface area contributed by atoms with Gasteiger partial charge in [-0.25, -0.2) is 0 Å². The first-order valence-electron chi connectivity index (χ1n) is 6.59. The maximum absolute atomic E-state index is 12.6. The number of thioether (sulfide) groups is 1. The summed E-state index contributed by atoms with van der Waals surface area (Å²) < 4.78 is 0. The molecule has 0 radical (unpaired) electrons. The molecule has 108 valence electrons. The van der Waals surface area contributed by atoms with Crippen LogP contribution >= 0.6 is 11.8 Å². The molecule has 1 heterocycles. The van der Waals surface area contributed by atoms with E-state index >= 15 is 0 Å². The predicted octanol–water partition coefficient (Wildman–Crippen LogP) is 1.97. The summed E-state index contributed by atoms with van der Waals surface area (Å²) in [5, 5.41) is 8.77. The van der Waals surface area contributed by atoms with E-state index in [1.807, 2.05) is 0 Å². The third-order valence-electron chi connectivity index (χ3n) is 3.25. The molecule has 0 aromatic heterocycles. The molecule has 1 amide bonds. The molecule has 0 spiro atoms. The number of aliphatic carboxylic acids is 1. The number of amides is 1. The quantitative estimate of drug-likeness (QED) is 0.811. The summed E-state index contributed by atoms with van der Waals surface area (Å²) >= 11 is 1.63. The Morgan fingerprint density at radius 2 is 2.15 bits per heavy atom. The number of nitrogen functional groups attached to an aromatic ring is 1. The molecule has 1 unspecified atom stereocenters. The van der Waals surface area contributed by atoms with Crippen molar-refractivity contribution in [2.45, 2.75) is 24.5 Å². The van der Waals surface area contributed by atoms with Crippen molar-refractivity contribution >= 4 is 35.0 Å². The summed E-state index contributed by atoms with van der Waals surface area (Å²) in [5.74, 6) is 0.0241. The summed E-state index contributed by atoms with van der Waals surface area (Å²) in [5.41, 5.74) is 7.01. The second-order valence-electron chi connectivity index (χ2n) is 4.69. The predicted molar refractivity (Wildman–Crippen MR) is 80.9 cm³/mol. The van der Waals surface area contributed by atoms with E-state index in [1.165, 1.54) is 4.90 Å². The third kappa shape index (κ3) is 3.45. The Morgan fingerprint density at radius 1 is 1.40 bits per heavy atom. The molecule has 1 aromatic carbocycles. The van der Waals surface area contributed by atoms with Gasteiger partial charge in [-0.1, -0.05) is 12.1 Å². The highest BCUT2D eigenvalue weighted by atomic mass is 32.2. The zero-order valence-electron chi connectivity index (χ0n) is 11.1. The van der Waals surface area contributed by atoms with Crippen molar-refractivity contribution < 1.29 is 14.7 Å². The van der Waals surface area contributed by atoms with E-state index in [2.05, 4.69) is 0 Å². The van der Waals surface area contributed by atoms with Crippen LogP contribution in [0.2, 0.25) is 0 Å². The van der Waals surface area contributed by atoms with Crippen LogP contribution in [0.5, 0.6) is 0 Å². The molecule has 1 fully saturated rings. The Hall–Kier alpha value is -1.69. The number of carbonyl (C=O) groups is 2. The van der Waals surface area contributed by atoms with E-state index in [4.69, 9.17) is 10.8 Å². The summed E-state index contributed by atoms with van der Waals surface area (Å²) in [6.45, 7) is 0.152. The number of rotatable bonds is 5. The first kappa shape index (κ1) is 14.7. The Labute approximate surface area is 122 Å². The van der Waals surface area contributed by atoms with Gasteiger partial charge in [0.25, 0.3) is 0 Å². The molecule has 0 saturated carbocycles. The molecule has 2 rings (SSSR count). The molecule has 1 aliphatic heterocycles. The Balaban J connectivity index is 2.21. The van der Waals surface area contributed by atoms with E-state index in [1.54, 1.807) is 36.0 Å². The molecule has 1 atom stereocenters. The van der Waals surface area contributed by atoms with Crippen LogP contribution in [-0.4, -0.2) is 34.5 Å². The number of benzene rings is 1. The number of anilines is 2. The van der Waals surface area contributed by atoms with Gasteiger partial charge >= 0.3 is 5.97 Å². The van der Waals surface area contributed by atoms with Crippen LogP contribution in [0.3, 0.4) is 0 Å². The van der Waals surface area contributed by atoms with Gasteiger partial charge in [0.2, 0.25) is 5.91 Å². The van der Waals surface area contributed by atoms with Gasteiger partial charge in [-0.05, 0) is 30.7 Å². The lowest BCUT2D eigenvalue weighted by Gasteiger charge is -2.26. The Bertz CT molecular complexity index is 501. The van der Waals surface area contributed by atoms with Gasteiger partial charge in [-0.3, -0.25) is 9.59 Å². The fraction of sp³-hybridized carbons (Fsp3) is 0.429. The van der Waals surface area contributed by atoms with Crippen LogP contribution in [-0.2, 0) is 9.59 Å². The molecule has 6 heteroatoms. The van der Waals surface area contributed by atoms with Crippen LogP contribution in [0.4, 0.5) is 11.4 Å². The highest BCUT2D eigenvalue weighted by Crippen LogP contribution is 2.31. The smallest absolute Gasteiger partial charge is 0.305 e. The van der Waals surface area contributed by atoms with E-state index in [9.17, 15) is 9.59 Å². The average Bonchev–Trinajstić information content (AvgIpc) is 2.94. The maximum atomic E-state index is 12.6. The lowest BCUT2D eigenvalue weighted by molar-refractivity contribution is -0.136. The van der Waals surface area contributed by atoms with Crippen molar-refractivity contribution in [1.29, 1.82) is 0 Å². The zero-order valence-corrected chi connectivity index (χ0v) is 11.9. The van der Waals surface area contributed by atoms with Gasteiger partial charge in [-0.15, -0.1) is 11.8 Å². The Morgan fingerprint density at radius 3 is 2.75 bits per heavy atom. The highest BCUT2D eigenvalue weighted by Gasteiger charge is 2.29. The van der Waals surface area contributed by atoms with Gasteiger partial charge in [0.1, 0.15) is 0 Å². The summed E-state index contributed by atoms with van der Waals surface area (Å²) in [7, 11) is 0. The van der Waals surface area contributed by atoms with Crippen molar-refractivity contribution in [3.05, 3.63) is 24.3 Å². The third-order valence-corrected chi connectivity index (χ3v) is 4.61. The summed E-state index contributed by atoms with van der Waals surface area (Å²) in [4.78, 5) is 24.9. The number of nitrogens with zero attached hydrogens (tertiary/aromatic N) is 1. The minimum atomic E-state index is -0.920. The second kappa shape index (κ2) is 6.65. The first-order chi connectivity index (χ1) is 9.59. The van der Waals surface area contributed by atoms with Crippen molar-refractivity contribution in [2.75, 3.05) is 22.9 Å². The zero-order chi connectivity index (χ0) is 14.5. The molecule has 1 saturated heterocycles. The Kier molecular flexibility index (Phi) is 4.89. The van der Waals surface area contributed by atoms with E-state index < -0.39 is 5.97 Å². The summed E-state index contributed by atoms with van der Waals surface area (Å²) in [6.07, 6.45) is 1.79. The van der Waals surface area contributed by atoms with Crippen molar-refractivity contribution in [3.8, 4) is 0 Å². The topological polar surface area (TPSA) is 83.6 Å². The monoisotopic (exact) mass is 294 g/mol. The number of carboxylic acids is 1. The number of nitrogens with two attached hydrogens (primary N) is 1. The molecule has 1 aromatic rings. The van der Waals surface area contributed by atoms with E-state index in [0.29, 0.717) is 11.4 Å². The standard InChI is InChI=1S/C14H18N2O3S/c15-10-4-1-2-5-11(10)16(8-7-13(17)18)14(19)12-6-3-9-20-12/h1-2,4-5,12H,3,6-9,15H2,(H,17,18). The molecular weight excluding hydrogens is 276 g/mol. The normalized spacial score (nSPS) is 17.9. The molecular formula is C14H18N2O3S. The lowest BCUT2D eigenvalue weighted by atomic mass is 10.2. The van der Waals surface area contributed by atoms with Crippen LogP contribution in [0.25, 0.3) is 0 Å². The van der Waals surface area contributed by atoms with Crippen LogP contribution in [0, 0.1) is 0 Å². The SMILES string of the molecule is Nc1ccccc1N(CCC(=O)O)C(=O)C1CCCS1. The number of carbonyl (C=O) groups excluding carboxylic acids is 1. The molecule has 0 aliphatic carbocycles. The van der Waals surface area contributed by atoms with Gasteiger partial charge < -0.3 is 15.7 Å². The van der Waals surface area contributed by atoms with Gasteiger partial charge in [-0.2, -0.15) is 0 Å². The van der Waals surface area contributed by atoms with Gasteiger partial charge in [0.15, 0.2) is 0 Å². The van der Waals surface area contributed by atoms with Crippen molar-refractivity contribution in [1.82, 2.24) is 0 Å². The fourth-order valence-corrected chi connectivity index (χ4v) is 3.46.